The number of amides is 1. The zero-order valence-corrected chi connectivity index (χ0v) is 10.5. The number of carbonyl (C=O) groups excluding carboxylic acids is 1. The lowest BCUT2D eigenvalue weighted by atomic mass is 10.1. The summed E-state index contributed by atoms with van der Waals surface area (Å²) in [6, 6.07) is 4.15. The maximum absolute atomic E-state index is 11.8. The van der Waals surface area contributed by atoms with Gasteiger partial charge in [0.15, 0.2) is 0 Å². The summed E-state index contributed by atoms with van der Waals surface area (Å²) in [5.41, 5.74) is 0.677. The highest BCUT2D eigenvalue weighted by atomic mass is 19.4. The van der Waals surface area contributed by atoms with E-state index in [2.05, 4.69) is 10.1 Å². The van der Waals surface area contributed by atoms with E-state index in [1.54, 1.807) is 6.92 Å². The van der Waals surface area contributed by atoms with Crippen LogP contribution in [0.1, 0.15) is 15.9 Å². The second-order valence-corrected chi connectivity index (χ2v) is 3.99. The van der Waals surface area contributed by atoms with Crippen molar-refractivity contribution in [2.75, 3.05) is 18.5 Å². The summed E-state index contributed by atoms with van der Waals surface area (Å²) >= 11 is 0. The molecule has 0 radical (unpaired) electrons. The molecule has 0 aliphatic carbocycles. The third-order valence-electron chi connectivity index (χ3n) is 2.25. The van der Waals surface area contributed by atoms with Gasteiger partial charge in [-0.1, -0.05) is 6.07 Å². The molecule has 0 heterocycles. The summed E-state index contributed by atoms with van der Waals surface area (Å²) in [4.78, 5) is 22.2. The van der Waals surface area contributed by atoms with Crippen LogP contribution >= 0.6 is 0 Å². The minimum atomic E-state index is -4.50. The Kier molecular flexibility index (Phi) is 5.09. The summed E-state index contributed by atoms with van der Waals surface area (Å²) in [5.74, 6) is -1.96. The molecule has 0 bridgehead atoms. The number of anilines is 1. The number of hydrogen-bond donors (Lipinski definition) is 2. The number of carboxylic acids is 1. The molecule has 20 heavy (non-hydrogen) atoms. The molecule has 8 heteroatoms. The Bertz CT molecular complexity index is 514. The first-order valence-electron chi connectivity index (χ1n) is 5.47. The quantitative estimate of drug-likeness (QED) is 0.872. The average Bonchev–Trinajstić information content (AvgIpc) is 2.29. The van der Waals surface area contributed by atoms with Gasteiger partial charge in [0, 0.05) is 5.69 Å². The smallest absolute Gasteiger partial charge is 0.411 e. The van der Waals surface area contributed by atoms with E-state index in [1.165, 1.54) is 18.2 Å². The predicted molar refractivity (Wildman–Crippen MR) is 63.6 cm³/mol. The normalized spacial score (nSPS) is 11.2. The van der Waals surface area contributed by atoms with Gasteiger partial charge in [0.25, 0.3) is 0 Å². The van der Waals surface area contributed by atoms with Gasteiger partial charge in [0.05, 0.1) is 5.56 Å². The summed E-state index contributed by atoms with van der Waals surface area (Å²) in [6.07, 6.45) is -4.50. The summed E-state index contributed by atoms with van der Waals surface area (Å²) < 4.78 is 39.6. The van der Waals surface area contributed by atoms with Gasteiger partial charge < -0.3 is 15.2 Å². The molecule has 0 saturated carbocycles. The highest BCUT2D eigenvalue weighted by Gasteiger charge is 2.27. The Morgan fingerprint density at radius 2 is 2.00 bits per heavy atom. The molecule has 5 nitrogen and oxygen atoms in total. The second-order valence-electron chi connectivity index (χ2n) is 3.99. The maximum Gasteiger partial charge on any atom is 0.411 e. The average molecular weight is 291 g/mol. The van der Waals surface area contributed by atoms with Gasteiger partial charge in [-0.3, -0.25) is 4.79 Å². The fourth-order valence-corrected chi connectivity index (χ4v) is 1.39. The van der Waals surface area contributed by atoms with Crippen LogP contribution in [0, 0.1) is 6.92 Å². The molecule has 0 saturated heterocycles. The summed E-state index contributed by atoms with van der Waals surface area (Å²) in [5, 5.41) is 11.1. The van der Waals surface area contributed by atoms with Crippen LogP contribution in [0.5, 0.6) is 0 Å². The molecule has 0 aliphatic rings. The van der Waals surface area contributed by atoms with E-state index in [1.807, 2.05) is 0 Å². The molecule has 110 valence electrons. The number of ether oxygens (including phenoxy) is 1. The van der Waals surface area contributed by atoms with Gasteiger partial charge in [-0.25, -0.2) is 4.79 Å². The lowest BCUT2D eigenvalue weighted by Crippen LogP contribution is -2.24. The highest BCUT2D eigenvalue weighted by molar-refractivity contribution is 5.95. The number of rotatable bonds is 5. The summed E-state index contributed by atoms with van der Waals surface area (Å²) in [7, 11) is 0. The Morgan fingerprint density at radius 3 is 2.55 bits per heavy atom. The van der Waals surface area contributed by atoms with Crippen LogP contribution in [0.25, 0.3) is 0 Å². The number of aromatic carboxylic acids is 1. The first kappa shape index (κ1) is 16.0. The van der Waals surface area contributed by atoms with Gasteiger partial charge in [0.2, 0.25) is 5.91 Å². The van der Waals surface area contributed by atoms with Crippen molar-refractivity contribution in [3.63, 3.8) is 0 Å². The van der Waals surface area contributed by atoms with Gasteiger partial charge in [-0.2, -0.15) is 13.2 Å². The molecular formula is C12H12F3NO4. The van der Waals surface area contributed by atoms with Crippen LogP contribution < -0.4 is 5.32 Å². The molecule has 1 rings (SSSR count). The molecule has 2 N–H and O–H groups in total. The van der Waals surface area contributed by atoms with Gasteiger partial charge >= 0.3 is 12.1 Å². The van der Waals surface area contributed by atoms with Gasteiger partial charge in [-0.15, -0.1) is 0 Å². The first-order chi connectivity index (χ1) is 9.19. The number of alkyl halides is 3. The van der Waals surface area contributed by atoms with Crippen molar-refractivity contribution in [3.05, 3.63) is 29.3 Å². The monoisotopic (exact) mass is 291 g/mol. The number of carboxylic acid groups (broad SMARTS) is 1. The van der Waals surface area contributed by atoms with Crippen molar-refractivity contribution in [1.29, 1.82) is 0 Å². The second kappa shape index (κ2) is 6.38. The largest absolute Gasteiger partial charge is 0.478 e. The molecule has 0 unspecified atom stereocenters. The number of nitrogens with one attached hydrogen (secondary N) is 1. The molecule has 0 aromatic heterocycles. The standard InChI is InChI=1S/C12H12F3NO4/c1-7-2-3-8(4-9(7)11(18)19)16-10(17)5-20-6-12(13,14)15/h2-4H,5-6H2,1H3,(H,16,17)(H,18,19). The molecule has 0 aliphatic heterocycles. The van der Waals surface area contributed by atoms with Crippen molar-refractivity contribution >= 4 is 17.6 Å². The fourth-order valence-electron chi connectivity index (χ4n) is 1.39. The number of benzene rings is 1. The van der Waals surface area contributed by atoms with Crippen molar-refractivity contribution in [1.82, 2.24) is 0 Å². The van der Waals surface area contributed by atoms with Crippen LogP contribution in [-0.2, 0) is 9.53 Å². The fraction of sp³-hybridized carbons (Fsp3) is 0.333. The van der Waals surface area contributed by atoms with Crippen LogP contribution in [0.15, 0.2) is 18.2 Å². The van der Waals surface area contributed by atoms with Crippen molar-refractivity contribution < 1.29 is 32.6 Å². The van der Waals surface area contributed by atoms with E-state index in [4.69, 9.17) is 5.11 Å². The molecule has 1 amide bonds. The molecular weight excluding hydrogens is 279 g/mol. The SMILES string of the molecule is Cc1ccc(NC(=O)COCC(F)(F)F)cc1C(=O)O. The van der Waals surface area contributed by atoms with E-state index in [9.17, 15) is 22.8 Å². The van der Waals surface area contributed by atoms with Crippen LogP contribution in [-0.4, -0.2) is 36.4 Å². The van der Waals surface area contributed by atoms with Crippen molar-refractivity contribution in [2.45, 2.75) is 13.1 Å². The molecule has 0 fully saturated rings. The number of aryl methyl sites for hydroxylation is 1. The Morgan fingerprint density at radius 1 is 1.35 bits per heavy atom. The lowest BCUT2D eigenvalue weighted by Gasteiger charge is -2.09. The van der Waals surface area contributed by atoms with E-state index in [-0.39, 0.29) is 11.3 Å². The van der Waals surface area contributed by atoms with Crippen molar-refractivity contribution in [3.8, 4) is 0 Å². The van der Waals surface area contributed by atoms with E-state index >= 15 is 0 Å². The molecule has 1 aromatic rings. The van der Waals surface area contributed by atoms with E-state index in [0.29, 0.717) is 5.56 Å². The minimum absolute atomic E-state index is 0.000917. The zero-order chi connectivity index (χ0) is 15.3. The number of hydrogen-bond acceptors (Lipinski definition) is 3. The van der Waals surface area contributed by atoms with E-state index in [0.717, 1.165) is 0 Å². The maximum atomic E-state index is 11.8. The topological polar surface area (TPSA) is 75.6 Å². The number of carbonyl (C=O) groups is 2. The molecule has 1 aromatic carbocycles. The van der Waals surface area contributed by atoms with Gasteiger partial charge in [-0.05, 0) is 24.6 Å². The summed E-state index contributed by atoms with van der Waals surface area (Å²) in [6.45, 7) is -0.702. The third-order valence-corrected chi connectivity index (χ3v) is 2.25. The molecule has 0 atom stereocenters. The predicted octanol–water partition coefficient (Wildman–Crippen LogP) is 2.21. The van der Waals surface area contributed by atoms with Crippen LogP contribution in [0.3, 0.4) is 0 Å². The highest BCUT2D eigenvalue weighted by Crippen LogP contribution is 2.16. The molecule has 0 spiro atoms. The Hall–Kier alpha value is -2.09. The Labute approximate surface area is 112 Å². The van der Waals surface area contributed by atoms with Crippen LogP contribution in [0.2, 0.25) is 0 Å². The van der Waals surface area contributed by atoms with E-state index < -0.39 is 31.3 Å². The first-order valence-corrected chi connectivity index (χ1v) is 5.47. The lowest BCUT2D eigenvalue weighted by molar-refractivity contribution is -0.174. The van der Waals surface area contributed by atoms with Gasteiger partial charge in [0.1, 0.15) is 13.2 Å². The minimum Gasteiger partial charge on any atom is -0.478 e. The van der Waals surface area contributed by atoms with Crippen LogP contribution in [0.4, 0.5) is 18.9 Å². The number of halogens is 3. The van der Waals surface area contributed by atoms with Crippen molar-refractivity contribution in [2.24, 2.45) is 0 Å². The zero-order valence-electron chi connectivity index (χ0n) is 10.5. The third kappa shape index (κ3) is 5.27. The Balaban J connectivity index is 2.58.